The summed E-state index contributed by atoms with van der Waals surface area (Å²) < 4.78 is 86.1. The molecule has 8 rings (SSSR count). The minimum Gasteiger partial charge on any atom is -0.208 e. The molecule has 0 spiro atoms. The van der Waals surface area contributed by atoms with Crippen molar-refractivity contribution in [1.29, 1.82) is 0 Å². The number of benzene rings is 7. The Morgan fingerprint density at radius 1 is 0.422 bits per heavy atom. The summed E-state index contributed by atoms with van der Waals surface area (Å²) >= 11 is 6.44. The van der Waals surface area contributed by atoms with Gasteiger partial charge >= 0.3 is 0 Å². The van der Waals surface area contributed by atoms with E-state index in [4.69, 9.17) is 23.9 Å². The average Bonchev–Trinajstić information content (AvgIpc) is 3.18. The molecule has 0 unspecified atom stereocenters. The van der Waals surface area contributed by atoms with Crippen LogP contribution >= 0.6 is 11.6 Å². The fraction of sp³-hybridized carbons (Fsp3) is 0. The standard InChI is InChI=1S/C41H26ClN3/c42-41-44-39(30-24-22-29(23-25-30)34-17-7-13-28-12-4-5-16-33(28)34)43-40(45-41)32-15-6-14-31(26-32)36-19-9-20-37-35(18-8-21-38(36)37)27-10-2-1-3-11-27/h1-26H/i4D,5D,6D,7D,12D,13D,14D,15D,17D,26D. The molecule has 0 radical (unpaired) electrons. The minimum atomic E-state index is -0.412. The highest BCUT2D eigenvalue weighted by Gasteiger charge is 2.13. The molecule has 0 aliphatic carbocycles. The van der Waals surface area contributed by atoms with Gasteiger partial charge in [0.25, 0.3) is 0 Å². The molecule has 45 heavy (non-hydrogen) atoms. The highest BCUT2D eigenvalue weighted by molar-refractivity contribution is 6.28. The van der Waals surface area contributed by atoms with E-state index in [9.17, 15) is 1.37 Å². The molecule has 0 atom stereocenters. The lowest BCUT2D eigenvalue weighted by atomic mass is 9.92. The van der Waals surface area contributed by atoms with Crippen molar-refractivity contribution in [2.75, 3.05) is 0 Å². The zero-order valence-electron chi connectivity index (χ0n) is 33.5. The first-order valence-electron chi connectivity index (χ1n) is 19.1. The first-order valence-corrected chi connectivity index (χ1v) is 14.5. The van der Waals surface area contributed by atoms with Crippen LogP contribution < -0.4 is 0 Å². The van der Waals surface area contributed by atoms with Gasteiger partial charge in [-0.1, -0.05) is 151 Å². The van der Waals surface area contributed by atoms with Crippen molar-refractivity contribution >= 4 is 33.1 Å². The van der Waals surface area contributed by atoms with Gasteiger partial charge in [0, 0.05) is 11.1 Å². The number of hydrogen-bond acceptors (Lipinski definition) is 3. The first kappa shape index (κ1) is 18.2. The largest absolute Gasteiger partial charge is 0.226 e. The summed E-state index contributed by atoms with van der Waals surface area (Å²) in [5.74, 6) is -0.0454. The molecule has 0 saturated heterocycles. The van der Waals surface area contributed by atoms with E-state index < -0.39 is 18.1 Å². The second-order valence-corrected chi connectivity index (χ2v) is 10.6. The van der Waals surface area contributed by atoms with Crippen LogP contribution in [0.3, 0.4) is 0 Å². The summed E-state index contributed by atoms with van der Waals surface area (Å²) in [6.45, 7) is 0. The molecule has 8 aromatic rings. The first-order chi connectivity index (χ1) is 26.4. The lowest BCUT2D eigenvalue weighted by molar-refractivity contribution is 1.07. The number of halogens is 1. The van der Waals surface area contributed by atoms with Crippen molar-refractivity contribution < 1.29 is 13.7 Å². The normalized spacial score (nSPS) is 14.3. The van der Waals surface area contributed by atoms with Gasteiger partial charge in [0.1, 0.15) is 0 Å². The highest BCUT2D eigenvalue weighted by atomic mass is 35.5. The van der Waals surface area contributed by atoms with Crippen molar-refractivity contribution in [3.63, 3.8) is 0 Å². The molecule has 0 amide bonds. The van der Waals surface area contributed by atoms with Crippen LogP contribution in [0.2, 0.25) is 5.28 Å². The predicted molar refractivity (Wildman–Crippen MR) is 187 cm³/mol. The van der Waals surface area contributed by atoms with Crippen LogP contribution in [0.5, 0.6) is 0 Å². The van der Waals surface area contributed by atoms with E-state index in [0.717, 1.165) is 21.9 Å². The third-order valence-electron chi connectivity index (χ3n) is 7.55. The maximum atomic E-state index is 9.37. The maximum Gasteiger partial charge on any atom is 0.226 e. The molecule has 1 heterocycles. The summed E-state index contributed by atoms with van der Waals surface area (Å²) in [7, 11) is 0. The van der Waals surface area contributed by atoms with Crippen LogP contribution in [0.15, 0.2) is 157 Å². The van der Waals surface area contributed by atoms with Gasteiger partial charge in [0.2, 0.25) is 5.28 Å². The second kappa shape index (κ2) is 11.5. The average molecular weight is 606 g/mol. The van der Waals surface area contributed by atoms with Crippen LogP contribution in [0.4, 0.5) is 0 Å². The van der Waals surface area contributed by atoms with Crippen molar-refractivity contribution in [3.8, 4) is 56.2 Å². The van der Waals surface area contributed by atoms with E-state index in [2.05, 4.69) is 15.0 Å². The smallest absolute Gasteiger partial charge is 0.208 e. The zero-order valence-corrected chi connectivity index (χ0v) is 24.2. The van der Waals surface area contributed by atoms with Gasteiger partial charge in [0.05, 0.1) is 13.7 Å². The molecule has 7 aromatic carbocycles. The van der Waals surface area contributed by atoms with Gasteiger partial charge in [-0.3, -0.25) is 0 Å². The molecular weight excluding hydrogens is 570 g/mol. The molecule has 0 aliphatic heterocycles. The van der Waals surface area contributed by atoms with E-state index in [1.54, 1.807) is 30.3 Å². The molecule has 0 fully saturated rings. The molecule has 0 aliphatic rings. The van der Waals surface area contributed by atoms with Gasteiger partial charge in [0.15, 0.2) is 11.6 Å². The topological polar surface area (TPSA) is 38.7 Å². The monoisotopic (exact) mass is 605 g/mol. The summed E-state index contributed by atoms with van der Waals surface area (Å²) in [5, 5.41) is 1.68. The second-order valence-electron chi connectivity index (χ2n) is 10.2. The van der Waals surface area contributed by atoms with Crippen LogP contribution in [0.25, 0.3) is 77.7 Å². The molecule has 0 bridgehead atoms. The number of rotatable bonds is 5. The Hall–Kier alpha value is -5.64. The zero-order chi connectivity index (χ0) is 38.9. The molecule has 0 N–H and O–H groups in total. The van der Waals surface area contributed by atoms with Crippen LogP contribution in [0, 0.1) is 0 Å². The van der Waals surface area contributed by atoms with Gasteiger partial charge < -0.3 is 0 Å². The highest BCUT2D eigenvalue weighted by Crippen LogP contribution is 2.36. The van der Waals surface area contributed by atoms with E-state index in [1.165, 1.54) is 6.07 Å². The SMILES string of the molecule is [2H]c1cc2c(-c3ccc(-c4nc(Cl)nc(-c5c([2H])c([2H])c([2H])c(-c6cccc7c(-c8ccccc8)cccc67)c5[2H])n4)cc3)c([2H])c([2H])c([2H])c2c([2H])c1[2H]. The third kappa shape index (κ3) is 5.14. The van der Waals surface area contributed by atoms with Crippen LogP contribution in [-0.2, 0) is 0 Å². The third-order valence-corrected chi connectivity index (χ3v) is 7.72. The fourth-order valence-electron chi connectivity index (χ4n) is 5.46. The summed E-state index contributed by atoms with van der Waals surface area (Å²) in [6, 6.07) is 25.8. The van der Waals surface area contributed by atoms with Crippen molar-refractivity contribution in [3.05, 3.63) is 163 Å². The Bertz CT molecular complexity index is 2880. The lowest BCUT2D eigenvalue weighted by Gasteiger charge is -2.12. The van der Waals surface area contributed by atoms with E-state index >= 15 is 0 Å². The Balaban J connectivity index is 1.26. The number of fused-ring (bicyclic) bond motifs is 2. The molecule has 0 saturated carbocycles. The van der Waals surface area contributed by atoms with Gasteiger partial charge in [-0.05, 0) is 72.6 Å². The van der Waals surface area contributed by atoms with Crippen molar-refractivity contribution in [2.45, 2.75) is 0 Å². The number of nitrogens with zero attached hydrogens (tertiary/aromatic N) is 3. The van der Waals surface area contributed by atoms with Gasteiger partial charge in [-0.25, -0.2) is 4.98 Å². The molecular formula is C41H26ClN3. The Morgan fingerprint density at radius 3 is 1.82 bits per heavy atom. The lowest BCUT2D eigenvalue weighted by Crippen LogP contribution is -1.97. The van der Waals surface area contributed by atoms with Gasteiger partial charge in [-0.15, -0.1) is 0 Å². The Labute approximate surface area is 280 Å². The summed E-state index contributed by atoms with van der Waals surface area (Å²) in [5.41, 5.74) is 3.67. The number of aromatic nitrogens is 3. The number of hydrogen-bond donors (Lipinski definition) is 0. The predicted octanol–water partition coefficient (Wildman–Crippen LogP) is 11.2. The Morgan fingerprint density at radius 2 is 1.04 bits per heavy atom. The maximum absolute atomic E-state index is 9.37. The summed E-state index contributed by atoms with van der Waals surface area (Å²) in [6.07, 6.45) is 0. The fourth-order valence-corrected chi connectivity index (χ4v) is 5.62. The minimum absolute atomic E-state index is 0.0133. The van der Waals surface area contributed by atoms with Crippen molar-refractivity contribution in [1.82, 2.24) is 15.0 Å². The van der Waals surface area contributed by atoms with Crippen LogP contribution in [-0.4, -0.2) is 15.0 Å². The molecule has 212 valence electrons. The van der Waals surface area contributed by atoms with E-state index in [-0.39, 0.29) is 86.7 Å². The van der Waals surface area contributed by atoms with Crippen molar-refractivity contribution in [2.24, 2.45) is 0 Å². The van der Waals surface area contributed by atoms with Crippen LogP contribution in [0.1, 0.15) is 13.7 Å². The van der Waals surface area contributed by atoms with Gasteiger partial charge in [-0.2, -0.15) is 9.97 Å². The van der Waals surface area contributed by atoms with E-state index in [1.807, 2.05) is 60.7 Å². The molecule has 1 aromatic heterocycles. The Kier molecular flexibility index (Phi) is 4.64. The summed E-state index contributed by atoms with van der Waals surface area (Å²) in [4.78, 5) is 13.2. The van der Waals surface area contributed by atoms with E-state index in [0.29, 0.717) is 16.7 Å². The quantitative estimate of drug-likeness (QED) is 0.196. The molecule has 4 heteroatoms. The molecule has 3 nitrogen and oxygen atoms in total.